The lowest BCUT2D eigenvalue weighted by molar-refractivity contribution is 0.0921. The van der Waals surface area contributed by atoms with E-state index >= 15 is 0 Å². The Morgan fingerprint density at radius 3 is 2.92 bits per heavy atom. The Labute approximate surface area is 151 Å². The third-order valence-corrected chi connectivity index (χ3v) is 4.30. The van der Waals surface area contributed by atoms with Crippen LogP contribution in [0.15, 0.2) is 59.3 Å². The topological polar surface area (TPSA) is 56.6 Å². The summed E-state index contributed by atoms with van der Waals surface area (Å²) >= 11 is 0. The van der Waals surface area contributed by atoms with E-state index in [1.54, 1.807) is 13.4 Å². The van der Waals surface area contributed by atoms with Crippen molar-refractivity contribution in [1.29, 1.82) is 0 Å². The largest absolute Gasteiger partial charge is 0.488 e. The summed E-state index contributed by atoms with van der Waals surface area (Å²) in [6.45, 7) is 2.95. The van der Waals surface area contributed by atoms with E-state index in [-0.39, 0.29) is 6.10 Å². The molecule has 1 atom stereocenters. The standard InChI is InChI=1S/C21H21NO4/c1-14(11-23-2)26-16-6-7-17-15(13-25-21(17)10-16)12-24-20-5-3-4-19-18(20)8-9-22-19/h3-10,13-14,22H,11-12H2,1-2H3. The molecule has 0 fully saturated rings. The van der Waals surface area contributed by atoms with Crippen molar-refractivity contribution in [1.82, 2.24) is 4.98 Å². The maximum absolute atomic E-state index is 6.03. The third-order valence-electron chi connectivity index (χ3n) is 4.30. The van der Waals surface area contributed by atoms with Gasteiger partial charge in [-0.05, 0) is 37.3 Å². The van der Waals surface area contributed by atoms with Gasteiger partial charge in [0.1, 0.15) is 29.8 Å². The molecule has 1 unspecified atom stereocenters. The zero-order chi connectivity index (χ0) is 17.9. The predicted octanol–water partition coefficient (Wildman–Crippen LogP) is 4.91. The van der Waals surface area contributed by atoms with Gasteiger partial charge in [-0.3, -0.25) is 0 Å². The van der Waals surface area contributed by atoms with Crippen LogP contribution in [0.2, 0.25) is 0 Å². The number of aromatic nitrogens is 1. The fraction of sp³-hybridized carbons (Fsp3) is 0.238. The van der Waals surface area contributed by atoms with Gasteiger partial charge in [0.2, 0.25) is 0 Å². The Kier molecular flexibility index (Phi) is 4.54. The van der Waals surface area contributed by atoms with Crippen molar-refractivity contribution >= 4 is 21.9 Å². The molecule has 0 saturated carbocycles. The van der Waals surface area contributed by atoms with Crippen LogP contribution in [0.4, 0.5) is 0 Å². The molecular weight excluding hydrogens is 330 g/mol. The molecule has 2 heterocycles. The summed E-state index contributed by atoms with van der Waals surface area (Å²) in [5.74, 6) is 1.62. The predicted molar refractivity (Wildman–Crippen MR) is 101 cm³/mol. The number of rotatable bonds is 7. The average molecular weight is 351 g/mol. The minimum atomic E-state index is -0.0166. The van der Waals surface area contributed by atoms with Crippen LogP contribution in [0.5, 0.6) is 11.5 Å². The fourth-order valence-corrected chi connectivity index (χ4v) is 3.09. The highest BCUT2D eigenvalue weighted by Gasteiger charge is 2.11. The first-order valence-electron chi connectivity index (χ1n) is 8.59. The molecule has 0 aliphatic rings. The van der Waals surface area contributed by atoms with E-state index < -0.39 is 0 Å². The van der Waals surface area contributed by atoms with Gasteiger partial charge in [-0.25, -0.2) is 0 Å². The van der Waals surface area contributed by atoms with Gasteiger partial charge in [-0.2, -0.15) is 0 Å². The number of nitrogens with one attached hydrogen (secondary N) is 1. The average Bonchev–Trinajstić information content (AvgIpc) is 3.27. The Balaban J connectivity index is 1.51. The number of hydrogen-bond acceptors (Lipinski definition) is 4. The zero-order valence-electron chi connectivity index (χ0n) is 14.8. The minimum absolute atomic E-state index is 0.0166. The van der Waals surface area contributed by atoms with Gasteiger partial charge in [0, 0.05) is 41.2 Å². The SMILES string of the molecule is COCC(C)Oc1ccc2c(COc3cccc4[nH]ccc34)coc2c1. The third kappa shape index (κ3) is 3.26. The second-order valence-electron chi connectivity index (χ2n) is 6.29. The highest BCUT2D eigenvalue weighted by molar-refractivity contribution is 5.86. The van der Waals surface area contributed by atoms with E-state index in [0.29, 0.717) is 13.2 Å². The first-order chi connectivity index (χ1) is 12.7. The minimum Gasteiger partial charge on any atom is -0.488 e. The van der Waals surface area contributed by atoms with Crippen molar-refractivity contribution in [3.63, 3.8) is 0 Å². The number of ether oxygens (including phenoxy) is 3. The molecule has 2 aromatic heterocycles. The van der Waals surface area contributed by atoms with E-state index in [0.717, 1.165) is 38.9 Å². The van der Waals surface area contributed by atoms with Gasteiger partial charge < -0.3 is 23.6 Å². The van der Waals surface area contributed by atoms with Crippen LogP contribution in [0.3, 0.4) is 0 Å². The highest BCUT2D eigenvalue weighted by Crippen LogP contribution is 2.29. The van der Waals surface area contributed by atoms with E-state index in [4.69, 9.17) is 18.6 Å². The van der Waals surface area contributed by atoms with E-state index in [1.807, 2.05) is 55.6 Å². The summed E-state index contributed by atoms with van der Waals surface area (Å²) in [6, 6.07) is 13.8. The first-order valence-corrected chi connectivity index (χ1v) is 8.59. The van der Waals surface area contributed by atoms with Crippen LogP contribution in [0, 0.1) is 0 Å². The molecule has 0 saturated heterocycles. The van der Waals surface area contributed by atoms with Crippen LogP contribution in [0.1, 0.15) is 12.5 Å². The molecule has 134 valence electrons. The van der Waals surface area contributed by atoms with Crippen LogP contribution in [0.25, 0.3) is 21.9 Å². The molecule has 0 amide bonds. The van der Waals surface area contributed by atoms with Crippen molar-refractivity contribution < 1.29 is 18.6 Å². The Bertz CT molecular complexity index is 1020. The molecule has 0 aliphatic carbocycles. The number of furan rings is 1. The molecule has 4 aromatic rings. The van der Waals surface area contributed by atoms with Gasteiger partial charge in [-0.1, -0.05) is 6.07 Å². The lowest BCUT2D eigenvalue weighted by Gasteiger charge is -2.13. The lowest BCUT2D eigenvalue weighted by atomic mass is 10.2. The van der Waals surface area contributed by atoms with E-state index in [9.17, 15) is 0 Å². The van der Waals surface area contributed by atoms with Crippen LogP contribution >= 0.6 is 0 Å². The van der Waals surface area contributed by atoms with Crippen LogP contribution < -0.4 is 9.47 Å². The van der Waals surface area contributed by atoms with Gasteiger partial charge in [0.25, 0.3) is 0 Å². The van der Waals surface area contributed by atoms with Crippen molar-refractivity contribution in [2.24, 2.45) is 0 Å². The summed E-state index contributed by atoms with van der Waals surface area (Å²) in [5.41, 5.74) is 2.85. The lowest BCUT2D eigenvalue weighted by Crippen LogP contribution is -2.17. The van der Waals surface area contributed by atoms with Crippen molar-refractivity contribution in [3.8, 4) is 11.5 Å². The fourth-order valence-electron chi connectivity index (χ4n) is 3.09. The number of fused-ring (bicyclic) bond motifs is 2. The Morgan fingerprint density at radius 2 is 2.04 bits per heavy atom. The molecule has 5 nitrogen and oxygen atoms in total. The summed E-state index contributed by atoms with van der Waals surface area (Å²) in [5, 5.41) is 2.10. The Morgan fingerprint density at radius 1 is 1.12 bits per heavy atom. The normalized spacial score (nSPS) is 12.5. The van der Waals surface area contributed by atoms with Gasteiger partial charge in [-0.15, -0.1) is 0 Å². The van der Waals surface area contributed by atoms with Crippen molar-refractivity contribution in [2.75, 3.05) is 13.7 Å². The summed E-state index contributed by atoms with van der Waals surface area (Å²) in [6.07, 6.45) is 3.64. The second kappa shape index (κ2) is 7.14. The van der Waals surface area contributed by atoms with Crippen LogP contribution in [-0.2, 0) is 11.3 Å². The molecule has 26 heavy (non-hydrogen) atoms. The van der Waals surface area contributed by atoms with Crippen molar-refractivity contribution in [2.45, 2.75) is 19.6 Å². The molecule has 0 radical (unpaired) electrons. The molecular formula is C21H21NO4. The molecule has 5 heteroatoms. The molecule has 0 aliphatic heterocycles. The summed E-state index contributed by atoms with van der Waals surface area (Å²) in [4.78, 5) is 3.19. The van der Waals surface area contributed by atoms with Gasteiger partial charge in [0.05, 0.1) is 12.9 Å². The van der Waals surface area contributed by atoms with Crippen LogP contribution in [-0.4, -0.2) is 24.8 Å². The molecule has 0 bridgehead atoms. The van der Waals surface area contributed by atoms with Crippen molar-refractivity contribution in [3.05, 3.63) is 60.5 Å². The zero-order valence-corrected chi connectivity index (χ0v) is 14.8. The highest BCUT2D eigenvalue weighted by atomic mass is 16.5. The number of benzene rings is 2. The van der Waals surface area contributed by atoms with Gasteiger partial charge in [0.15, 0.2) is 0 Å². The quantitative estimate of drug-likeness (QED) is 0.514. The number of hydrogen-bond donors (Lipinski definition) is 1. The summed E-state index contributed by atoms with van der Waals surface area (Å²) in [7, 11) is 1.66. The number of aromatic amines is 1. The summed E-state index contributed by atoms with van der Waals surface area (Å²) < 4.78 is 22.6. The van der Waals surface area contributed by atoms with Gasteiger partial charge >= 0.3 is 0 Å². The Hall–Kier alpha value is -2.92. The first kappa shape index (κ1) is 16.5. The monoisotopic (exact) mass is 351 g/mol. The molecule has 4 rings (SSSR count). The molecule has 1 N–H and O–H groups in total. The molecule has 2 aromatic carbocycles. The number of methoxy groups -OCH3 is 1. The van der Waals surface area contributed by atoms with E-state index in [2.05, 4.69) is 4.98 Å². The molecule has 0 spiro atoms. The maximum Gasteiger partial charge on any atom is 0.137 e. The second-order valence-corrected chi connectivity index (χ2v) is 6.29. The maximum atomic E-state index is 6.03. The van der Waals surface area contributed by atoms with E-state index in [1.165, 1.54) is 0 Å². The smallest absolute Gasteiger partial charge is 0.137 e. The number of H-pyrrole nitrogens is 1.